The zero-order valence-electron chi connectivity index (χ0n) is 34.6. The number of hydrogen-bond donors (Lipinski definition) is 0. The summed E-state index contributed by atoms with van der Waals surface area (Å²) in [7, 11) is 0. The molecule has 0 bridgehead atoms. The maximum Gasteiger partial charge on any atom is 0.193 e. The Balaban J connectivity index is 0.990. The average molecular weight is 795 g/mol. The third-order valence-corrected chi connectivity index (χ3v) is 13.7. The largest absolute Gasteiger partial charge is 0.310 e. The molecule has 3 heteroatoms. The molecular formula is C59H42N2O. The van der Waals surface area contributed by atoms with E-state index in [4.69, 9.17) is 0 Å². The van der Waals surface area contributed by atoms with Gasteiger partial charge in [-0.3, -0.25) is 4.79 Å². The number of ketones is 1. The number of aromatic nitrogens is 1. The molecule has 1 aliphatic heterocycles. The van der Waals surface area contributed by atoms with Crippen LogP contribution in [0.4, 0.5) is 17.1 Å². The molecule has 0 spiro atoms. The molecule has 0 fully saturated rings. The molecule has 0 radical (unpaired) electrons. The van der Waals surface area contributed by atoms with Gasteiger partial charge in [-0.2, -0.15) is 0 Å². The van der Waals surface area contributed by atoms with E-state index in [0.717, 1.165) is 66.9 Å². The van der Waals surface area contributed by atoms with Crippen LogP contribution in [0.2, 0.25) is 0 Å². The van der Waals surface area contributed by atoms with Crippen LogP contribution in [0.25, 0.3) is 38.6 Å². The summed E-state index contributed by atoms with van der Waals surface area (Å²) in [5.41, 5.74) is 16.7. The van der Waals surface area contributed by atoms with E-state index in [1.165, 1.54) is 33.3 Å². The first-order valence-corrected chi connectivity index (χ1v) is 21.5. The van der Waals surface area contributed by atoms with Crippen molar-refractivity contribution in [2.75, 3.05) is 4.90 Å². The van der Waals surface area contributed by atoms with Gasteiger partial charge in [0.1, 0.15) is 0 Å². The summed E-state index contributed by atoms with van der Waals surface area (Å²) in [5.74, 6) is 0.0621. The monoisotopic (exact) mass is 794 g/mol. The average Bonchev–Trinajstić information content (AvgIpc) is 3.66. The summed E-state index contributed by atoms with van der Waals surface area (Å²) in [6, 6.07) is 78.1. The van der Waals surface area contributed by atoms with Crippen LogP contribution in [-0.2, 0) is 10.8 Å². The molecule has 1 aliphatic carbocycles. The fourth-order valence-electron chi connectivity index (χ4n) is 10.8. The molecule has 294 valence electrons. The van der Waals surface area contributed by atoms with Crippen LogP contribution in [0, 0.1) is 0 Å². The predicted molar refractivity (Wildman–Crippen MR) is 255 cm³/mol. The van der Waals surface area contributed by atoms with Crippen molar-refractivity contribution in [2.45, 2.75) is 24.7 Å². The minimum Gasteiger partial charge on any atom is -0.310 e. The first kappa shape index (κ1) is 36.1. The maximum absolute atomic E-state index is 14.3. The van der Waals surface area contributed by atoms with Gasteiger partial charge in [-0.1, -0.05) is 178 Å². The van der Waals surface area contributed by atoms with Crippen LogP contribution in [-0.4, -0.2) is 10.4 Å². The maximum atomic E-state index is 14.3. The lowest BCUT2D eigenvalue weighted by molar-refractivity contribution is 0.103. The highest BCUT2D eigenvalue weighted by Gasteiger charge is 2.46. The Kier molecular flexibility index (Phi) is 7.95. The second kappa shape index (κ2) is 13.6. The second-order valence-electron chi connectivity index (χ2n) is 17.2. The predicted octanol–water partition coefficient (Wildman–Crippen LogP) is 14.5. The van der Waals surface area contributed by atoms with Crippen molar-refractivity contribution in [3.63, 3.8) is 0 Å². The van der Waals surface area contributed by atoms with E-state index in [1.54, 1.807) is 0 Å². The van der Waals surface area contributed by atoms with Gasteiger partial charge in [-0.25, -0.2) is 0 Å². The van der Waals surface area contributed by atoms with E-state index in [9.17, 15) is 4.79 Å². The molecule has 0 unspecified atom stereocenters. The normalized spacial score (nSPS) is 14.5. The third kappa shape index (κ3) is 5.09. The number of rotatable bonds is 5. The van der Waals surface area contributed by atoms with Crippen LogP contribution >= 0.6 is 0 Å². The summed E-state index contributed by atoms with van der Waals surface area (Å²) in [5, 5.41) is 2.42. The van der Waals surface area contributed by atoms with Gasteiger partial charge in [0.15, 0.2) is 5.78 Å². The van der Waals surface area contributed by atoms with Crippen LogP contribution < -0.4 is 4.90 Å². The van der Waals surface area contributed by atoms with Crippen molar-refractivity contribution < 1.29 is 4.79 Å². The van der Waals surface area contributed by atoms with Gasteiger partial charge in [-0.15, -0.1) is 0 Å². The van der Waals surface area contributed by atoms with Gasteiger partial charge >= 0.3 is 0 Å². The van der Waals surface area contributed by atoms with Crippen molar-refractivity contribution in [1.29, 1.82) is 0 Å². The third-order valence-electron chi connectivity index (χ3n) is 13.7. The molecule has 3 nitrogen and oxygen atoms in total. The summed E-state index contributed by atoms with van der Waals surface area (Å²) in [6.45, 7) is 4.66. The molecule has 0 amide bonds. The van der Waals surface area contributed by atoms with Gasteiger partial charge < -0.3 is 9.47 Å². The van der Waals surface area contributed by atoms with E-state index in [1.807, 2.05) is 18.2 Å². The lowest BCUT2D eigenvalue weighted by Gasteiger charge is -2.42. The smallest absolute Gasteiger partial charge is 0.193 e. The van der Waals surface area contributed by atoms with Gasteiger partial charge in [0.05, 0.1) is 27.8 Å². The van der Waals surface area contributed by atoms with E-state index in [-0.39, 0.29) is 11.2 Å². The van der Waals surface area contributed by atoms with Crippen molar-refractivity contribution in [3.8, 4) is 16.8 Å². The minimum absolute atomic E-state index is 0.0621. The van der Waals surface area contributed by atoms with Crippen LogP contribution in [0.5, 0.6) is 0 Å². The Bertz CT molecular complexity index is 3310. The SMILES string of the molecule is CC1(C)c2ccccc2N(c2ccc3c(c2)c2ccccc2n3-c2ccc(-c3ccc4c(c3)C(c3ccccc3)(c3ccccc3)c3ccccc3C4=O)cc2)c2ccccc21. The molecular weight excluding hydrogens is 753 g/mol. The first-order valence-electron chi connectivity index (χ1n) is 21.5. The summed E-state index contributed by atoms with van der Waals surface area (Å²) in [4.78, 5) is 16.8. The number of carbonyl (C=O) groups is 1. The number of hydrogen-bond acceptors (Lipinski definition) is 2. The number of nitrogens with zero attached hydrogens (tertiary/aromatic N) is 2. The molecule has 1 aromatic heterocycles. The van der Waals surface area contributed by atoms with Crippen LogP contribution in [0.3, 0.4) is 0 Å². The van der Waals surface area contributed by atoms with Gasteiger partial charge in [0.2, 0.25) is 0 Å². The fourth-order valence-corrected chi connectivity index (χ4v) is 10.8. The van der Waals surface area contributed by atoms with E-state index >= 15 is 0 Å². The Morgan fingerprint density at radius 1 is 0.387 bits per heavy atom. The van der Waals surface area contributed by atoms with Crippen molar-refractivity contribution in [3.05, 3.63) is 263 Å². The van der Waals surface area contributed by atoms with Crippen LogP contribution in [0.15, 0.2) is 218 Å². The van der Waals surface area contributed by atoms with E-state index in [2.05, 4.69) is 224 Å². The highest BCUT2D eigenvalue weighted by Crippen LogP contribution is 2.53. The van der Waals surface area contributed by atoms with E-state index in [0.29, 0.717) is 0 Å². The van der Waals surface area contributed by atoms with Crippen LogP contribution in [0.1, 0.15) is 63.1 Å². The molecule has 0 saturated heterocycles. The second-order valence-corrected chi connectivity index (χ2v) is 17.2. The topological polar surface area (TPSA) is 25.2 Å². The van der Waals surface area contributed by atoms with Crippen molar-refractivity contribution >= 4 is 44.7 Å². The lowest BCUT2D eigenvalue weighted by Crippen LogP contribution is -2.38. The molecule has 12 rings (SSSR count). The number of anilines is 3. The zero-order valence-corrected chi connectivity index (χ0v) is 34.6. The first-order chi connectivity index (χ1) is 30.4. The Morgan fingerprint density at radius 2 is 0.903 bits per heavy atom. The number of carbonyl (C=O) groups excluding carboxylic acids is 1. The number of benzene rings is 9. The molecule has 2 heterocycles. The van der Waals surface area contributed by atoms with Crippen molar-refractivity contribution in [2.24, 2.45) is 0 Å². The summed E-state index contributed by atoms with van der Waals surface area (Å²) < 4.78 is 2.39. The molecule has 62 heavy (non-hydrogen) atoms. The van der Waals surface area contributed by atoms with Gasteiger partial charge in [0.25, 0.3) is 0 Å². The standard InChI is InChI=1S/C59H42N2O/c1-58(2)50-24-12-15-27-55(50)61(56-28-16-13-25-51(56)58)44-34-36-54-48(38-44)45-21-10-14-26-53(45)60(54)43-32-29-39(30-33-43)40-31-35-47-52(37-40)59(41-17-5-3-6-18-41,42-19-7-4-8-20-42)49-23-11-9-22-46(49)57(47)62/h3-38H,1-2H3. The zero-order chi connectivity index (χ0) is 41.6. The quantitative estimate of drug-likeness (QED) is 0.173. The molecule has 0 saturated carbocycles. The Labute approximate surface area is 361 Å². The Hall–Kier alpha value is -7.75. The molecule has 0 N–H and O–H groups in total. The summed E-state index contributed by atoms with van der Waals surface area (Å²) >= 11 is 0. The molecule has 10 aromatic rings. The highest BCUT2D eigenvalue weighted by atomic mass is 16.1. The Morgan fingerprint density at radius 3 is 1.58 bits per heavy atom. The van der Waals surface area contributed by atoms with Crippen molar-refractivity contribution in [1.82, 2.24) is 4.57 Å². The van der Waals surface area contributed by atoms with Gasteiger partial charge in [0, 0.05) is 38.7 Å². The fraction of sp³-hybridized carbons (Fsp3) is 0.0678. The molecule has 2 aliphatic rings. The molecule has 9 aromatic carbocycles. The van der Waals surface area contributed by atoms with Gasteiger partial charge in [-0.05, 0) is 99.1 Å². The summed E-state index contributed by atoms with van der Waals surface area (Å²) in [6.07, 6.45) is 0. The molecule has 0 atom stereocenters. The lowest BCUT2D eigenvalue weighted by atomic mass is 9.59. The number of fused-ring (bicyclic) bond motifs is 7. The van der Waals surface area contributed by atoms with E-state index < -0.39 is 5.41 Å². The minimum atomic E-state index is -0.686. The highest BCUT2D eigenvalue weighted by molar-refractivity contribution is 6.14. The number of para-hydroxylation sites is 3.